The first kappa shape index (κ1) is 16.4. The van der Waals surface area contributed by atoms with Crippen molar-refractivity contribution in [2.45, 2.75) is 6.04 Å². The summed E-state index contributed by atoms with van der Waals surface area (Å²) in [7, 11) is 0. The van der Waals surface area contributed by atoms with Crippen molar-refractivity contribution in [3.05, 3.63) is 48.0 Å². The zero-order valence-corrected chi connectivity index (χ0v) is 13.3. The third-order valence-electron chi connectivity index (χ3n) is 4.12. The van der Waals surface area contributed by atoms with Gasteiger partial charge in [-0.05, 0) is 22.9 Å². The number of nitrogens with zero attached hydrogens (tertiary/aromatic N) is 1. The molecule has 24 heavy (non-hydrogen) atoms. The first-order chi connectivity index (χ1) is 11.7. The van der Waals surface area contributed by atoms with Crippen LogP contribution in [0.3, 0.4) is 0 Å². The van der Waals surface area contributed by atoms with Gasteiger partial charge in [0.25, 0.3) is 5.91 Å². The van der Waals surface area contributed by atoms with Crippen LogP contribution in [0.4, 0.5) is 0 Å². The predicted octanol–water partition coefficient (Wildman–Crippen LogP) is 0.789. The van der Waals surface area contributed by atoms with E-state index < -0.39 is 12.6 Å². The zero-order chi connectivity index (χ0) is 16.9. The Morgan fingerprint density at radius 1 is 1.12 bits per heavy atom. The van der Waals surface area contributed by atoms with E-state index in [0.717, 1.165) is 10.8 Å². The summed E-state index contributed by atoms with van der Waals surface area (Å²) in [5.41, 5.74) is 0.460. The Labute approximate surface area is 140 Å². The molecule has 2 N–H and O–H groups in total. The number of ether oxygens (including phenoxy) is 1. The van der Waals surface area contributed by atoms with E-state index in [1.807, 2.05) is 30.3 Å². The number of carbonyl (C=O) groups excluding carboxylic acids is 2. The number of nitrogens with one attached hydrogen (secondary N) is 1. The van der Waals surface area contributed by atoms with Gasteiger partial charge in [-0.3, -0.25) is 9.59 Å². The molecule has 1 atom stereocenters. The largest absolute Gasteiger partial charge is 0.394 e. The highest BCUT2D eigenvalue weighted by Gasteiger charge is 2.26. The van der Waals surface area contributed by atoms with Gasteiger partial charge in [-0.1, -0.05) is 30.3 Å². The van der Waals surface area contributed by atoms with E-state index in [0.29, 0.717) is 31.9 Å². The monoisotopic (exact) mass is 328 g/mol. The molecule has 1 heterocycles. The summed E-state index contributed by atoms with van der Waals surface area (Å²) in [6.07, 6.45) is 0. The van der Waals surface area contributed by atoms with Crippen LogP contribution in [0, 0.1) is 0 Å². The van der Waals surface area contributed by atoms with Crippen molar-refractivity contribution in [1.29, 1.82) is 0 Å². The van der Waals surface area contributed by atoms with Gasteiger partial charge in [-0.2, -0.15) is 0 Å². The van der Waals surface area contributed by atoms with Gasteiger partial charge < -0.3 is 20.1 Å². The Balaban J connectivity index is 1.71. The van der Waals surface area contributed by atoms with Crippen molar-refractivity contribution in [2.24, 2.45) is 0 Å². The summed E-state index contributed by atoms with van der Waals surface area (Å²) < 4.78 is 5.21. The second kappa shape index (κ2) is 7.42. The maximum absolute atomic E-state index is 12.4. The molecule has 2 aromatic rings. The van der Waals surface area contributed by atoms with Gasteiger partial charge in [0.05, 0.1) is 19.8 Å². The minimum Gasteiger partial charge on any atom is -0.394 e. The molecule has 6 heteroatoms. The lowest BCUT2D eigenvalue weighted by atomic mass is 10.1. The van der Waals surface area contributed by atoms with Crippen LogP contribution in [-0.4, -0.2) is 60.8 Å². The molecule has 0 spiro atoms. The van der Waals surface area contributed by atoms with Crippen molar-refractivity contribution in [2.75, 3.05) is 32.9 Å². The number of benzene rings is 2. The number of carbonyl (C=O) groups is 2. The van der Waals surface area contributed by atoms with E-state index in [1.54, 1.807) is 17.0 Å². The molecule has 1 unspecified atom stereocenters. The SMILES string of the molecule is O=C(NC(CO)C(=O)N1CCOCC1)c1ccc2ccccc2c1. The number of hydrogen-bond donors (Lipinski definition) is 2. The van der Waals surface area contributed by atoms with Crippen molar-refractivity contribution in [3.63, 3.8) is 0 Å². The summed E-state index contributed by atoms with van der Waals surface area (Å²) in [6.45, 7) is 1.46. The van der Waals surface area contributed by atoms with Crippen LogP contribution in [-0.2, 0) is 9.53 Å². The van der Waals surface area contributed by atoms with Gasteiger partial charge in [0.1, 0.15) is 6.04 Å². The lowest BCUT2D eigenvalue weighted by Gasteiger charge is -2.30. The summed E-state index contributed by atoms with van der Waals surface area (Å²) in [6, 6.07) is 12.1. The molecule has 1 aliphatic rings. The molecule has 1 fully saturated rings. The third-order valence-corrected chi connectivity index (χ3v) is 4.12. The van der Waals surface area contributed by atoms with Crippen LogP contribution in [0.25, 0.3) is 10.8 Å². The predicted molar refractivity (Wildman–Crippen MR) is 89.7 cm³/mol. The first-order valence-electron chi connectivity index (χ1n) is 7.96. The van der Waals surface area contributed by atoms with Crippen LogP contribution >= 0.6 is 0 Å². The van der Waals surface area contributed by atoms with Crippen LogP contribution in [0.15, 0.2) is 42.5 Å². The molecule has 126 valence electrons. The van der Waals surface area contributed by atoms with E-state index in [-0.39, 0.29) is 11.8 Å². The molecule has 0 bridgehead atoms. The number of aliphatic hydroxyl groups excluding tert-OH is 1. The highest BCUT2D eigenvalue weighted by molar-refractivity contribution is 6.00. The molecule has 3 rings (SSSR count). The highest BCUT2D eigenvalue weighted by Crippen LogP contribution is 2.15. The molecule has 0 aliphatic carbocycles. The standard InChI is InChI=1S/C18H20N2O4/c21-12-16(18(23)20-7-9-24-10-8-20)19-17(22)15-6-5-13-3-1-2-4-14(13)11-15/h1-6,11,16,21H,7-10,12H2,(H,19,22). The van der Waals surface area contributed by atoms with Crippen molar-refractivity contribution >= 4 is 22.6 Å². The lowest BCUT2D eigenvalue weighted by molar-refractivity contribution is -0.138. The zero-order valence-electron chi connectivity index (χ0n) is 13.3. The fourth-order valence-electron chi connectivity index (χ4n) is 2.76. The average Bonchev–Trinajstić information content (AvgIpc) is 2.65. The molecule has 6 nitrogen and oxygen atoms in total. The minimum atomic E-state index is -0.943. The molecular weight excluding hydrogens is 308 g/mol. The molecule has 2 amide bonds. The topological polar surface area (TPSA) is 78.9 Å². The molecule has 0 saturated carbocycles. The normalized spacial score (nSPS) is 16.0. The number of hydrogen-bond acceptors (Lipinski definition) is 4. The van der Waals surface area contributed by atoms with Crippen LogP contribution in [0.1, 0.15) is 10.4 Å². The summed E-state index contributed by atoms with van der Waals surface area (Å²) >= 11 is 0. The number of fused-ring (bicyclic) bond motifs is 1. The van der Waals surface area contributed by atoms with Crippen LogP contribution in [0.2, 0.25) is 0 Å². The molecule has 0 aromatic heterocycles. The third kappa shape index (κ3) is 3.55. The van der Waals surface area contributed by atoms with Gasteiger partial charge in [0.15, 0.2) is 0 Å². The van der Waals surface area contributed by atoms with Crippen molar-refractivity contribution < 1.29 is 19.4 Å². The van der Waals surface area contributed by atoms with Gasteiger partial charge in [0, 0.05) is 18.7 Å². The maximum Gasteiger partial charge on any atom is 0.252 e. The maximum atomic E-state index is 12.4. The Kier molecular flexibility index (Phi) is 5.08. The molecule has 2 aromatic carbocycles. The van der Waals surface area contributed by atoms with E-state index in [1.165, 1.54) is 0 Å². The molecule has 0 radical (unpaired) electrons. The highest BCUT2D eigenvalue weighted by atomic mass is 16.5. The summed E-state index contributed by atoms with van der Waals surface area (Å²) in [5, 5.41) is 14.1. The molecule has 1 saturated heterocycles. The Bertz CT molecular complexity index is 741. The minimum absolute atomic E-state index is 0.282. The average molecular weight is 328 g/mol. The number of rotatable bonds is 4. The number of morpholine rings is 1. The smallest absolute Gasteiger partial charge is 0.252 e. The van der Waals surface area contributed by atoms with Crippen LogP contribution in [0.5, 0.6) is 0 Å². The Hall–Kier alpha value is -2.44. The first-order valence-corrected chi connectivity index (χ1v) is 7.96. The number of amides is 2. The Morgan fingerprint density at radius 3 is 2.54 bits per heavy atom. The van der Waals surface area contributed by atoms with E-state index in [2.05, 4.69) is 5.32 Å². The van der Waals surface area contributed by atoms with E-state index in [9.17, 15) is 14.7 Å². The van der Waals surface area contributed by atoms with Gasteiger partial charge in [-0.15, -0.1) is 0 Å². The van der Waals surface area contributed by atoms with Crippen molar-refractivity contribution in [1.82, 2.24) is 10.2 Å². The second-order valence-electron chi connectivity index (χ2n) is 5.71. The fourth-order valence-corrected chi connectivity index (χ4v) is 2.76. The van der Waals surface area contributed by atoms with E-state index >= 15 is 0 Å². The van der Waals surface area contributed by atoms with Crippen LogP contribution < -0.4 is 5.32 Å². The molecule has 1 aliphatic heterocycles. The quantitative estimate of drug-likeness (QED) is 0.870. The van der Waals surface area contributed by atoms with Crippen molar-refractivity contribution in [3.8, 4) is 0 Å². The lowest BCUT2D eigenvalue weighted by Crippen LogP contribution is -2.53. The summed E-state index contributed by atoms with van der Waals surface area (Å²) in [4.78, 5) is 26.4. The summed E-state index contributed by atoms with van der Waals surface area (Å²) in [5.74, 6) is -0.656. The van der Waals surface area contributed by atoms with Gasteiger partial charge in [-0.25, -0.2) is 0 Å². The number of aliphatic hydroxyl groups is 1. The second-order valence-corrected chi connectivity index (χ2v) is 5.71. The molecular formula is C18H20N2O4. The van der Waals surface area contributed by atoms with Gasteiger partial charge >= 0.3 is 0 Å². The van der Waals surface area contributed by atoms with Gasteiger partial charge in [0.2, 0.25) is 5.91 Å². The van der Waals surface area contributed by atoms with E-state index in [4.69, 9.17) is 4.74 Å². The Morgan fingerprint density at radius 2 is 1.83 bits per heavy atom. The fraction of sp³-hybridized carbons (Fsp3) is 0.333.